The minimum atomic E-state index is -1.12. The Labute approximate surface area is 229 Å². The molecule has 1 atom stereocenters. The van der Waals surface area contributed by atoms with E-state index in [9.17, 15) is 28.4 Å². The summed E-state index contributed by atoms with van der Waals surface area (Å²) in [6.07, 6.45) is 1.28. The van der Waals surface area contributed by atoms with Crippen LogP contribution in [0.15, 0.2) is 35.4 Å². The molecule has 0 unspecified atom stereocenters. The van der Waals surface area contributed by atoms with Crippen LogP contribution >= 0.6 is 0 Å². The Kier molecular flexibility index (Phi) is 9.40. The fourth-order valence-electron chi connectivity index (χ4n) is 3.71. The summed E-state index contributed by atoms with van der Waals surface area (Å²) in [5.41, 5.74) is -0.464. The van der Waals surface area contributed by atoms with E-state index in [1.807, 2.05) is 0 Å². The molecule has 0 aliphatic rings. The molecule has 0 fully saturated rings. The van der Waals surface area contributed by atoms with Gasteiger partial charge in [0, 0.05) is 23.9 Å². The Balaban J connectivity index is 1.69. The molecule has 0 saturated heterocycles. The molecule has 2 aromatic heterocycles. The molecule has 2 heterocycles. The molecule has 3 rings (SSSR count). The molecule has 214 valence electrons. The molecule has 0 saturated carbocycles. The van der Waals surface area contributed by atoms with Crippen LogP contribution in [0.2, 0.25) is 0 Å². The van der Waals surface area contributed by atoms with Crippen LogP contribution in [-0.4, -0.2) is 58.5 Å². The second-order valence-electron chi connectivity index (χ2n) is 10.1. The van der Waals surface area contributed by atoms with Crippen molar-refractivity contribution in [2.24, 2.45) is 5.41 Å². The smallest absolute Gasteiger partial charge is 0.328 e. The summed E-state index contributed by atoms with van der Waals surface area (Å²) in [7, 11) is 2.35. The number of esters is 2. The summed E-state index contributed by atoms with van der Waals surface area (Å²) in [6, 6.07) is 4.22. The SMILES string of the molecule is COC(=O)CC[C@H](NC(=O)c1ccc(CCn2cnc3[nH]c(NC(=O)C(C)(C)C)cc3c2=O)c(F)c1)C(=O)OC. The number of halogens is 1. The quantitative estimate of drug-likeness (QED) is 0.320. The van der Waals surface area contributed by atoms with Crippen LogP contribution < -0.4 is 16.2 Å². The summed E-state index contributed by atoms with van der Waals surface area (Å²) in [4.78, 5) is 68.4. The second-order valence-corrected chi connectivity index (χ2v) is 10.1. The maximum absolute atomic E-state index is 14.9. The lowest BCUT2D eigenvalue weighted by atomic mass is 9.96. The van der Waals surface area contributed by atoms with Crippen molar-refractivity contribution < 1.29 is 33.0 Å². The number of aryl methyl sites for hydroxylation is 2. The summed E-state index contributed by atoms with van der Waals surface area (Å²) >= 11 is 0. The van der Waals surface area contributed by atoms with E-state index in [1.54, 1.807) is 20.8 Å². The number of benzene rings is 1. The molecule has 3 N–H and O–H groups in total. The maximum Gasteiger partial charge on any atom is 0.328 e. The number of methoxy groups -OCH3 is 2. The molecular formula is C27H32FN5O7. The number of rotatable bonds is 10. The Morgan fingerprint density at radius 1 is 1.12 bits per heavy atom. The monoisotopic (exact) mass is 557 g/mol. The highest BCUT2D eigenvalue weighted by atomic mass is 19.1. The molecule has 3 aromatic rings. The number of nitrogens with one attached hydrogen (secondary N) is 3. The molecule has 12 nitrogen and oxygen atoms in total. The van der Waals surface area contributed by atoms with E-state index in [2.05, 4.69) is 30.1 Å². The summed E-state index contributed by atoms with van der Waals surface area (Å²) in [5, 5.41) is 5.44. The van der Waals surface area contributed by atoms with Gasteiger partial charge in [0.2, 0.25) is 5.91 Å². The number of nitrogens with zero attached hydrogens (tertiary/aromatic N) is 2. The van der Waals surface area contributed by atoms with Gasteiger partial charge in [0.1, 0.15) is 23.3 Å². The zero-order valence-electron chi connectivity index (χ0n) is 22.9. The third-order valence-electron chi connectivity index (χ3n) is 6.14. The number of carbonyl (C=O) groups excluding carboxylic acids is 4. The van der Waals surface area contributed by atoms with Crippen LogP contribution in [0.5, 0.6) is 0 Å². The lowest BCUT2D eigenvalue weighted by molar-refractivity contribution is -0.144. The van der Waals surface area contributed by atoms with E-state index in [0.717, 1.165) is 13.2 Å². The Hall–Kier alpha value is -4.55. The van der Waals surface area contributed by atoms with Gasteiger partial charge >= 0.3 is 11.9 Å². The van der Waals surface area contributed by atoms with Crippen molar-refractivity contribution in [3.63, 3.8) is 0 Å². The number of anilines is 1. The third-order valence-corrected chi connectivity index (χ3v) is 6.14. The molecular weight excluding hydrogens is 525 g/mol. The first-order chi connectivity index (χ1) is 18.8. The van der Waals surface area contributed by atoms with Crippen LogP contribution in [0, 0.1) is 11.2 Å². The number of fused-ring (bicyclic) bond motifs is 1. The number of ether oxygens (including phenoxy) is 2. The minimum absolute atomic E-state index is 0.0365. The largest absolute Gasteiger partial charge is 0.469 e. The van der Waals surface area contributed by atoms with E-state index >= 15 is 0 Å². The minimum Gasteiger partial charge on any atom is -0.469 e. The first-order valence-corrected chi connectivity index (χ1v) is 12.5. The molecule has 0 aliphatic heterocycles. The third kappa shape index (κ3) is 7.30. The number of amides is 2. The summed E-state index contributed by atoms with van der Waals surface area (Å²) in [6.45, 7) is 5.40. The van der Waals surface area contributed by atoms with E-state index < -0.39 is 35.1 Å². The molecule has 0 aliphatic carbocycles. The van der Waals surface area contributed by atoms with Gasteiger partial charge in [-0.2, -0.15) is 0 Å². The van der Waals surface area contributed by atoms with Gasteiger partial charge in [0.25, 0.3) is 11.5 Å². The maximum atomic E-state index is 14.9. The first-order valence-electron chi connectivity index (χ1n) is 12.5. The standard InChI is InChI=1S/C27H32FN5O7/c1-27(2,3)26(38)32-20-13-17-22(31-20)29-14-33(24(17)36)11-10-15-6-7-16(12-18(15)28)23(35)30-19(25(37)40-5)8-9-21(34)39-4/h6-7,12-14,19,31H,8-11H2,1-5H3,(H,30,35)(H,32,38)/t19-/m0/s1. The second kappa shape index (κ2) is 12.5. The zero-order valence-corrected chi connectivity index (χ0v) is 22.9. The number of aromatic amines is 1. The van der Waals surface area contributed by atoms with Crippen LogP contribution in [0.4, 0.5) is 10.2 Å². The fourth-order valence-corrected chi connectivity index (χ4v) is 3.71. The molecule has 0 radical (unpaired) electrons. The molecule has 40 heavy (non-hydrogen) atoms. The first kappa shape index (κ1) is 30.0. The van der Waals surface area contributed by atoms with Crippen molar-refractivity contribution in [1.82, 2.24) is 19.9 Å². The van der Waals surface area contributed by atoms with Crippen molar-refractivity contribution >= 4 is 40.6 Å². The molecule has 1 aromatic carbocycles. The fraction of sp³-hybridized carbons (Fsp3) is 0.407. The highest BCUT2D eigenvalue weighted by molar-refractivity contribution is 5.97. The Morgan fingerprint density at radius 2 is 1.85 bits per heavy atom. The number of hydrogen-bond donors (Lipinski definition) is 3. The molecule has 0 spiro atoms. The predicted octanol–water partition coefficient (Wildman–Crippen LogP) is 2.32. The van der Waals surface area contributed by atoms with Gasteiger partial charge in [-0.1, -0.05) is 26.8 Å². The molecule has 13 heteroatoms. The van der Waals surface area contributed by atoms with Gasteiger partial charge in [-0.3, -0.25) is 23.7 Å². The van der Waals surface area contributed by atoms with E-state index in [1.165, 1.54) is 36.2 Å². The van der Waals surface area contributed by atoms with Crippen LogP contribution in [0.1, 0.15) is 49.5 Å². The van der Waals surface area contributed by atoms with Crippen LogP contribution in [-0.2, 0) is 36.8 Å². The number of hydrogen-bond acceptors (Lipinski definition) is 8. The number of carbonyl (C=O) groups is 4. The highest BCUT2D eigenvalue weighted by Crippen LogP contribution is 2.19. The van der Waals surface area contributed by atoms with Crippen molar-refractivity contribution in [2.75, 3.05) is 19.5 Å². The summed E-state index contributed by atoms with van der Waals surface area (Å²) < 4.78 is 25.4. The zero-order chi connectivity index (χ0) is 29.6. The van der Waals surface area contributed by atoms with E-state index in [-0.39, 0.29) is 53.8 Å². The average Bonchev–Trinajstić information content (AvgIpc) is 3.33. The van der Waals surface area contributed by atoms with Gasteiger partial charge in [-0.15, -0.1) is 0 Å². The number of aromatic nitrogens is 3. The lowest BCUT2D eigenvalue weighted by Gasteiger charge is -2.16. The number of H-pyrrole nitrogens is 1. The molecule has 2 amide bonds. The summed E-state index contributed by atoms with van der Waals surface area (Å²) in [5.74, 6) is -2.59. The van der Waals surface area contributed by atoms with Gasteiger partial charge in [0.15, 0.2) is 0 Å². The van der Waals surface area contributed by atoms with Crippen molar-refractivity contribution in [3.05, 3.63) is 57.9 Å². The van der Waals surface area contributed by atoms with Gasteiger partial charge in [-0.25, -0.2) is 14.2 Å². The van der Waals surface area contributed by atoms with Crippen LogP contribution in [0.3, 0.4) is 0 Å². The van der Waals surface area contributed by atoms with E-state index in [4.69, 9.17) is 0 Å². The highest BCUT2D eigenvalue weighted by Gasteiger charge is 2.24. The predicted molar refractivity (Wildman–Crippen MR) is 143 cm³/mol. The van der Waals surface area contributed by atoms with Crippen LogP contribution in [0.25, 0.3) is 11.0 Å². The average molecular weight is 558 g/mol. The van der Waals surface area contributed by atoms with E-state index in [0.29, 0.717) is 11.5 Å². The Bertz CT molecular complexity index is 1490. The Morgan fingerprint density at radius 3 is 2.48 bits per heavy atom. The lowest BCUT2D eigenvalue weighted by Crippen LogP contribution is -2.42. The van der Waals surface area contributed by atoms with Gasteiger partial charge < -0.3 is 25.1 Å². The van der Waals surface area contributed by atoms with Crippen molar-refractivity contribution in [3.8, 4) is 0 Å². The van der Waals surface area contributed by atoms with Gasteiger partial charge in [-0.05, 0) is 36.6 Å². The van der Waals surface area contributed by atoms with Gasteiger partial charge in [0.05, 0.1) is 25.9 Å². The molecule has 0 bridgehead atoms. The van der Waals surface area contributed by atoms with Crippen molar-refractivity contribution in [1.29, 1.82) is 0 Å². The van der Waals surface area contributed by atoms with Crippen molar-refractivity contribution in [2.45, 2.75) is 52.6 Å². The topological polar surface area (TPSA) is 161 Å². The normalized spacial score (nSPS) is 12.1.